The summed E-state index contributed by atoms with van der Waals surface area (Å²) in [5.41, 5.74) is 0. The molecule has 63 heavy (non-hydrogen) atoms. The fraction of sp³-hybridized carbons (Fsp3) is 0.947. The first kappa shape index (κ1) is 61.4. The van der Waals surface area contributed by atoms with Gasteiger partial charge in [0, 0.05) is 19.3 Å². The molecule has 6 nitrogen and oxygen atoms in total. The molecule has 6 heteroatoms. The molecule has 0 aromatic heterocycles. The van der Waals surface area contributed by atoms with Crippen LogP contribution in [-0.4, -0.2) is 37.2 Å². The van der Waals surface area contributed by atoms with E-state index in [1.165, 1.54) is 205 Å². The van der Waals surface area contributed by atoms with Gasteiger partial charge in [-0.05, 0) is 31.1 Å². The summed E-state index contributed by atoms with van der Waals surface area (Å²) in [6, 6.07) is 0. The number of ether oxygens (including phenoxy) is 3. The van der Waals surface area contributed by atoms with Crippen molar-refractivity contribution in [2.45, 2.75) is 323 Å². The van der Waals surface area contributed by atoms with Crippen LogP contribution in [0, 0.1) is 11.8 Å². The third-order valence-corrected chi connectivity index (χ3v) is 13.7. The fourth-order valence-corrected chi connectivity index (χ4v) is 8.63. The Labute approximate surface area is 393 Å². The molecule has 0 radical (unpaired) electrons. The van der Waals surface area contributed by atoms with Gasteiger partial charge in [-0.15, -0.1) is 0 Å². The Balaban J connectivity index is 4.23. The Kier molecular flexibility index (Phi) is 48.6. The molecule has 0 aliphatic carbocycles. The standard InChI is InChI=1S/C57H110O6/c1-6-9-10-11-12-25-32-37-42-47-55(58)61-50-54(63-57(60)49-44-39-34-29-24-20-16-14-18-22-27-31-36-41-46-53(5)8-3)51-62-56(59)48-43-38-33-28-23-19-15-13-17-21-26-30-35-40-45-52(4)7-2/h52-54H,6-51H2,1-5H3/t52?,53?,54-/m1/s1. The van der Waals surface area contributed by atoms with Crippen molar-refractivity contribution in [2.24, 2.45) is 11.8 Å². The van der Waals surface area contributed by atoms with E-state index in [0.29, 0.717) is 19.3 Å². The van der Waals surface area contributed by atoms with Crippen molar-refractivity contribution in [1.82, 2.24) is 0 Å². The van der Waals surface area contributed by atoms with Crippen LogP contribution in [0.25, 0.3) is 0 Å². The van der Waals surface area contributed by atoms with Gasteiger partial charge < -0.3 is 14.2 Å². The SMILES string of the molecule is CCCCCCCCCCCC(=O)OC[C@H](COC(=O)CCCCCCCCCCCCCCCCC(C)CC)OC(=O)CCCCCCCCCCCCCCCCC(C)CC. The van der Waals surface area contributed by atoms with Crippen LogP contribution in [0.3, 0.4) is 0 Å². The van der Waals surface area contributed by atoms with E-state index in [1.54, 1.807) is 0 Å². The van der Waals surface area contributed by atoms with Crippen molar-refractivity contribution < 1.29 is 28.6 Å². The third-order valence-electron chi connectivity index (χ3n) is 13.7. The number of carbonyl (C=O) groups excluding carboxylic acids is 3. The van der Waals surface area contributed by atoms with Crippen LogP contribution in [0.1, 0.15) is 317 Å². The minimum Gasteiger partial charge on any atom is -0.462 e. The summed E-state index contributed by atoms with van der Waals surface area (Å²) in [4.78, 5) is 38.0. The summed E-state index contributed by atoms with van der Waals surface area (Å²) in [6.07, 6.45) is 52.2. The van der Waals surface area contributed by atoms with Gasteiger partial charge in [0.15, 0.2) is 6.10 Å². The Hall–Kier alpha value is -1.59. The molecule has 0 rings (SSSR count). The van der Waals surface area contributed by atoms with E-state index >= 15 is 0 Å². The quantitative estimate of drug-likeness (QED) is 0.0344. The Morgan fingerprint density at radius 3 is 0.825 bits per heavy atom. The van der Waals surface area contributed by atoms with Crippen LogP contribution in [-0.2, 0) is 28.6 Å². The van der Waals surface area contributed by atoms with Gasteiger partial charge in [-0.25, -0.2) is 0 Å². The van der Waals surface area contributed by atoms with Crippen LogP contribution >= 0.6 is 0 Å². The van der Waals surface area contributed by atoms with E-state index in [1.807, 2.05) is 0 Å². The van der Waals surface area contributed by atoms with Crippen LogP contribution in [0.2, 0.25) is 0 Å². The summed E-state index contributed by atoms with van der Waals surface area (Å²) >= 11 is 0. The molecule has 0 aromatic carbocycles. The molecular weight excluding hydrogens is 781 g/mol. The van der Waals surface area contributed by atoms with Gasteiger partial charge in [0.1, 0.15) is 13.2 Å². The first-order chi connectivity index (χ1) is 30.8. The normalized spacial score (nSPS) is 12.9. The molecule has 0 spiro atoms. The molecule has 374 valence electrons. The zero-order chi connectivity index (χ0) is 46.1. The minimum atomic E-state index is -0.761. The van der Waals surface area contributed by atoms with Gasteiger partial charge in [-0.1, -0.05) is 279 Å². The van der Waals surface area contributed by atoms with Crippen molar-refractivity contribution in [1.29, 1.82) is 0 Å². The second-order valence-electron chi connectivity index (χ2n) is 20.1. The number of esters is 3. The molecule has 0 saturated heterocycles. The van der Waals surface area contributed by atoms with E-state index in [2.05, 4.69) is 34.6 Å². The van der Waals surface area contributed by atoms with Gasteiger partial charge in [0.25, 0.3) is 0 Å². The maximum Gasteiger partial charge on any atom is 0.306 e. The molecule has 0 saturated carbocycles. The van der Waals surface area contributed by atoms with Crippen LogP contribution in [0.4, 0.5) is 0 Å². The smallest absolute Gasteiger partial charge is 0.306 e. The van der Waals surface area contributed by atoms with Crippen molar-refractivity contribution in [3.05, 3.63) is 0 Å². The average molecular weight is 892 g/mol. The molecule has 0 heterocycles. The highest BCUT2D eigenvalue weighted by molar-refractivity contribution is 5.71. The Morgan fingerprint density at radius 1 is 0.317 bits per heavy atom. The molecule has 0 aliphatic heterocycles. The zero-order valence-electron chi connectivity index (χ0n) is 43.2. The average Bonchev–Trinajstić information content (AvgIpc) is 3.28. The Morgan fingerprint density at radius 2 is 0.556 bits per heavy atom. The highest BCUT2D eigenvalue weighted by Crippen LogP contribution is 2.19. The maximum atomic E-state index is 12.8. The monoisotopic (exact) mass is 891 g/mol. The zero-order valence-corrected chi connectivity index (χ0v) is 43.2. The lowest BCUT2D eigenvalue weighted by Gasteiger charge is -2.18. The number of hydrogen-bond acceptors (Lipinski definition) is 6. The van der Waals surface area contributed by atoms with Gasteiger partial charge in [-0.3, -0.25) is 14.4 Å². The van der Waals surface area contributed by atoms with E-state index in [4.69, 9.17) is 14.2 Å². The number of unbranched alkanes of at least 4 members (excludes halogenated alkanes) is 34. The highest BCUT2D eigenvalue weighted by Gasteiger charge is 2.19. The summed E-state index contributed by atoms with van der Waals surface area (Å²) < 4.78 is 16.8. The maximum absolute atomic E-state index is 12.8. The predicted octanol–water partition coefficient (Wildman–Crippen LogP) is 18.5. The fourth-order valence-electron chi connectivity index (χ4n) is 8.63. The number of hydrogen-bond donors (Lipinski definition) is 0. The van der Waals surface area contributed by atoms with Crippen molar-refractivity contribution in [3.63, 3.8) is 0 Å². The van der Waals surface area contributed by atoms with E-state index in [0.717, 1.165) is 69.6 Å². The lowest BCUT2D eigenvalue weighted by atomic mass is 9.99. The van der Waals surface area contributed by atoms with E-state index in [9.17, 15) is 14.4 Å². The van der Waals surface area contributed by atoms with Crippen molar-refractivity contribution in [3.8, 4) is 0 Å². The summed E-state index contributed by atoms with van der Waals surface area (Å²) in [5, 5.41) is 0. The molecule has 3 atom stereocenters. The van der Waals surface area contributed by atoms with Crippen LogP contribution in [0.5, 0.6) is 0 Å². The van der Waals surface area contributed by atoms with Gasteiger partial charge in [0.2, 0.25) is 0 Å². The molecule has 0 fully saturated rings. The summed E-state index contributed by atoms with van der Waals surface area (Å²) in [6.45, 7) is 11.5. The van der Waals surface area contributed by atoms with E-state index in [-0.39, 0.29) is 31.1 Å². The molecular formula is C57H110O6. The molecule has 0 aromatic rings. The summed E-state index contributed by atoms with van der Waals surface area (Å²) in [5.74, 6) is 0.946. The van der Waals surface area contributed by atoms with E-state index < -0.39 is 6.10 Å². The first-order valence-corrected chi connectivity index (χ1v) is 28.3. The second kappa shape index (κ2) is 49.8. The Bertz CT molecular complexity index is 966. The lowest BCUT2D eigenvalue weighted by molar-refractivity contribution is -0.167. The van der Waals surface area contributed by atoms with Gasteiger partial charge in [-0.2, -0.15) is 0 Å². The summed E-state index contributed by atoms with van der Waals surface area (Å²) in [7, 11) is 0. The largest absolute Gasteiger partial charge is 0.462 e. The molecule has 0 aliphatic rings. The second-order valence-corrected chi connectivity index (χ2v) is 20.1. The molecule has 0 N–H and O–H groups in total. The first-order valence-electron chi connectivity index (χ1n) is 28.3. The highest BCUT2D eigenvalue weighted by atomic mass is 16.6. The molecule has 0 amide bonds. The van der Waals surface area contributed by atoms with Gasteiger partial charge in [0.05, 0.1) is 0 Å². The molecule has 2 unspecified atom stereocenters. The molecule has 0 bridgehead atoms. The van der Waals surface area contributed by atoms with Gasteiger partial charge >= 0.3 is 17.9 Å². The third kappa shape index (κ3) is 48.2. The lowest BCUT2D eigenvalue weighted by Crippen LogP contribution is -2.30. The van der Waals surface area contributed by atoms with Crippen LogP contribution < -0.4 is 0 Å². The van der Waals surface area contributed by atoms with Crippen LogP contribution in [0.15, 0.2) is 0 Å². The topological polar surface area (TPSA) is 78.9 Å². The minimum absolute atomic E-state index is 0.0630. The number of rotatable bonds is 51. The van der Waals surface area contributed by atoms with Crippen molar-refractivity contribution in [2.75, 3.05) is 13.2 Å². The number of carbonyl (C=O) groups is 3. The van der Waals surface area contributed by atoms with Crippen molar-refractivity contribution >= 4 is 17.9 Å². The predicted molar refractivity (Wildman–Crippen MR) is 270 cm³/mol.